The zero-order valence-corrected chi connectivity index (χ0v) is 55.0. The van der Waals surface area contributed by atoms with Crippen molar-refractivity contribution < 1.29 is 98.6 Å². The highest BCUT2D eigenvalue weighted by Crippen LogP contribution is 2.54. The number of morpholine rings is 1. The van der Waals surface area contributed by atoms with E-state index in [1.54, 1.807) is 18.2 Å². The van der Waals surface area contributed by atoms with Gasteiger partial charge < -0.3 is 21.1 Å². The van der Waals surface area contributed by atoms with E-state index in [1.807, 2.05) is 0 Å². The van der Waals surface area contributed by atoms with Gasteiger partial charge in [0.2, 0.25) is 5.95 Å². The van der Waals surface area contributed by atoms with Crippen molar-refractivity contribution in [2.75, 3.05) is 44.7 Å². The number of hydrogen-bond acceptors (Lipinski definition) is 15. The van der Waals surface area contributed by atoms with Gasteiger partial charge in [-0.25, -0.2) is 82.0 Å². The van der Waals surface area contributed by atoms with Gasteiger partial charge in [-0.05, 0) is 83.1 Å². The third kappa shape index (κ3) is 16.3. The summed E-state index contributed by atoms with van der Waals surface area (Å²) in [5.74, 6) is -26.6. The molecule has 4 aliphatic rings. The zero-order chi connectivity index (χ0) is 75.9. The quantitative estimate of drug-likeness (QED) is 0.0476. The van der Waals surface area contributed by atoms with E-state index in [9.17, 15) is 76.3 Å². The molecular weight excluding hydrogens is 1440 g/mol. The van der Waals surface area contributed by atoms with E-state index in [1.165, 1.54) is 35.8 Å². The minimum atomic E-state index is -4.08. The summed E-state index contributed by atoms with van der Waals surface area (Å²) < 4.78 is 254. The van der Waals surface area contributed by atoms with Crippen LogP contribution in [-0.2, 0) is 70.5 Å². The highest BCUT2D eigenvalue weighted by molar-refractivity contribution is 5.99. The Morgan fingerprint density at radius 1 is 0.604 bits per heavy atom. The van der Waals surface area contributed by atoms with Crippen LogP contribution in [0.3, 0.4) is 0 Å². The summed E-state index contributed by atoms with van der Waals surface area (Å²) >= 11 is 0. The van der Waals surface area contributed by atoms with Crippen LogP contribution in [0.5, 0.6) is 0 Å². The molecule has 4 N–H and O–H groups in total. The zero-order valence-electron chi connectivity index (χ0n) is 55.0. The van der Waals surface area contributed by atoms with Crippen LogP contribution >= 0.6 is 0 Å². The Hall–Kier alpha value is -10.6. The average molecular weight is 1500 g/mol. The fourth-order valence-corrected chi connectivity index (χ4v) is 13.4. The maximum Gasteiger partial charge on any atom is 0.290 e. The number of aromatic nitrogens is 11. The number of nitrogens with zero attached hydrogens (tertiary/aromatic N) is 12. The standard InChI is InChI=1S/C36H34F9N7O3.C33H24F8N8O2/c37-22-12-19(13-23(38)16-22)11-21(14-24(53)18-52-31-28(30(50-52)32(40)41)35(42,43)3-4-36(31,44)45)29-26(20-1-2-27(39)25(15-20)33(46)54)17-48-34(49-29)47-5-6-51-7-9-55-10-8-51;34-20-6-16(7-21(35)10-20)5-19(8-22(50)13-48-28-25(27(47-48)29(36)37)32(38,39)3-4-33(28,40)41)26-24(12-44-31(46-26)49-15-42-14-45-49)17-1-2-18-11-43-30(51)23(18)9-17/h1-2,12-13,15-17,21,32H,3-11,14,18H2,(H2,46,54)(H,47,48,49);1-2,6-7,9-10,12,14-15,19,29H,3-5,8,11,13H2,(H,43,51)/t21-;19-/m11/s1. The lowest BCUT2D eigenvalue weighted by molar-refractivity contribution is -0.122. The second-order valence-corrected chi connectivity index (χ2v) is 25.6. The number of nitrogens with two attached hydrogens (primary N) is 1. The molecule has 1 saturated heterocycles. The topological polar surface area (TPSA) is 249 Å². The number of hydrogen-bond donors (Lipinski definition) is 3. The van der Waals surface area contributed by atoms with E-state index in [0.717, 1.165) is 36.4 Å². The molecule has 5 aromatic heterocycles. The van der Waals surface area contributed by atoms with Crippen LogP contribution in [0.1, 0.15) is 146 Å². The highest BCUT2D eigenvalue weighted by Gasteiger charge is 2.57. The number of nitrogens with one attached hydrogen (secondary N) is 2. The number of alkyl halides is 12. The Bertz CT molecular complexity index is 4800. The van der Waals surface area contributed by atoms with Gasteiger partial charge in [-0.1, -0.05) is 18.2 Å². The number of ether oxygens (including phenoxy) is 1. The van der Waals surface area contributed by atoms with E-state index in [4.69, 9.17) is 10.5 Å². The molecule has 7 heterocycles. The van der Waals surface area contributed by atoms with Crippen LogP contribution in [0.15, 0.2) is 97.8 Å². The van der Waals surface area contributed by atoms with Crippen molar-refractivity contribution in [2.24, 2.45) is 5.73 Å². The van der Waals surface area contributed by atoms with E-state index in [2.05, 4.69) is 55.7 Å². The predicted molar refractivity (Wildman–Crippen MR) is 339 cm³/mol. The molecule has 2 atom stereocenters. The lowest BCUT2D eigenvalue weighted by Gasteiger charge is -2.29. The summed E-state index contributed by atoms with van der Waals surface area (Å²) in [6, 6.07) is 13.5. The summed E-state index contributed by atoms with van der Waals surface area (Å²) in [5.41, 5.74) is -2.29. The van der Waals surface area contributed by atoms with Crippen molar-refractivity contribution in [3.63, 3.8) is 0 Å². The van der Waals surface area contributed by atoms with Gasteiger partial charge in [0.05, 0.1) is 41.3 Å². The molecule has 37 heteroatoms. The van der Waals surface area contributed by atoms with E-state index >= 15 is 17.6 Å². The van der Waals surface area contributed by atoms with Crippen molar-refractivity contribution >= 4 is 29.3 Å². The van der Waals surface area contributed by atoms with Crippen LogP contribution < -0.4 is 16.4 Å². The Morgan fingerprint density at radius 2 is 1.10 bits per heavy atom. The first-order chi connectivity index (χ1) is 50.2. The summed E-state index contributed by atoms with van der Waals surface area (Å²) in [6.07, 6.45) is -9.65. The normalized spacial score (nSPS) is 16.9. The molecular formula is C69H58F17N15O5. The Balaban J connectivity index is 0.000000199. The number of primary amides is 1. The van der Waals surface area contributed by atoms with Crippen LogP contribution in [-0.4, -0.2) is 122 Å². The molecule has 0 spiro atoms. The number of Topliss-reactive ketones (excluding diaryl/α,β-unsaturated/α-hetero) is 2. The molecule has 106 heavy (non-hydrogen) atoms. The SMILES string of the molecule is NC(=O)c1cc(-c2cnc(NCCN3CCOCC3)nc2[C@@H](CC(=O)Cn2nc(C(F)F)c3c2C(F)(F)CCC3(F)F)Cc2cc(F)cc(F)c2)ccc1F.O=C(C[C@@H](Cc1cc(F)cc(F)c1)c1nc(-n2cncn2)ncc1-c1ccc2c(c1)C(=O)NC2)Cn1nc(C(F)F)c2c1C(F)(F)CCC2(F)F. The minimum absolute atomic E-state index is 0.0107. The first kappa shape index (κ1) is 75.1. The molecule has 0 radical (unpaired) electrons. The Labute approximate surface area is 588 Å². The monoisotopic (exact) mass is 1500 g/mol. The largest absolute Gasteiger partial charge is 0.379 e. The fraction of sp³-hybridized carbons (Fsp3) is 0.362. The van der Waals surface area contributed by atoms with Crippen molar-refractivity contribution in [3.05, 3.63) is 200 Å². The maximum atomic E-state index is 15.1. The lowest BCUT2D eigenvalue weighted by Crippen LogP contribution is -2.39. The number of rotatable bonds is 24. The molecule has 0 bridgehead atoms. The molecule has 558 valence electrons. The molecule has 9 aromatic rings. The van der Waals surface area contributed by atoms with Gasteiger partial charge in [0.1, 0.15) is 77.6 Å². The van der Waals surface area contributed by atoms with E-state index in [0.29, 0.717) is 74.8 Å². The van der Waals surface area contributed by atoms with E-state index < -0.39 is 186 Å². The van der Waals surface area contributed by atoms with Crippen LogP contribution in [0.2, 0.25) is 0 Å². The molecule has 0 unspecified atom stereocenters. The van der Waals surface area contributed by atoms with Gasteiger partial charge in [-0.3, -0.25) is 33.4 Å². The van der Waals surface area contributed by atoms with Crippen LogP contribution in [0, 0.1) is 29.1 Å². The maximum absolute atomic E-state index is 15.1. The molecule has 20 nitrogen and oxygen atoms in total. The molecule has 2 amide bonds. The van der Waals surface area contributed by atoms with Gasteiger partial charge in [0.15, 0.2) is 11.6 Å². The van der Waals surface area contributed by atoms with Crippen molar-refractivity contribution in [2.45, 2.75) is 119 Å². The summed E-state index contributed by atoms with van der Waals surface area (Å²) in [7, 11) is 0. The Morgan fingerprint density at radius 3 is 1.61 bits per heavy atom. The smallest absolute Gasteiger partial charge is 0.290 e. The van der Waals surface area contributed by atoms with Gasteiger partial charge >= 0.3 is 0 Å². The fourth-order valence-electron chi connectivity index (χ4n) is 13.4. The van der Waals surface area contributed by atoms with Gasteiger partial charge in [-0.15, -0.1) is 0 Å². The number of benzene rings is 4. The minimum Gasteiger partial charge on any atom is -0.379 e. The first-order valence-electron chi connectivity index (χ1n) is 32.6. The summed E-state index contributed by atoms with van der Waals surface area (Å²) in [4.78, 5) is 76.0. The first-order valence-corrected chi connectivity index (χ1v) is 32.6. The van der Waals surface area contributed by atoms with Gasteiger partial charge in [0, 0.05) is 124 Å². The number of carbonyl (C=O) groups excluding carboxylic acids is 4. The summed E-state index contributed by atoms with van der Waals surface area (Å²) in [5, 5.41) is 16.5. The molecule has 0 saturated carbocycles. The molecule has 13 rings (SSSR count). The third-order valence-electron chi connectivity index (χ3n) is 18.2. The van der Waals surface area contributed by atoms with Crippen LogP contribution in [0.4, 0.5) is 80.6 Å². The molecule has 2 aliphatic carbocycles. The number of ketones is 2. The second-order valence-electron chi connectivity index (χ2n) is 25.6. The number of anilines is 1. The van der Waals surface area contributed by atoms with Crippen LogP contribution in [0.25, 0.3) is 28.2 Å². The number of fused-ring (bicyclic) bond motifs is 3. The lowest BCUT2D eigenvalue weighted by atomic mass is 9.86. The van der Waals surface area contributed by atoms with E-state index in [-0.39, 0.29) is 79.2 Å². The second kappa shape index (κ2) is 30.1. The summed E-state index contributed by atoms with van der Waals surface area (Å²) in [6.45, 7) is 1.35. The molecule has 1 fully saturated rings. The van der Waals surface area contributed by atoms with Gasteiger partial charge in [0.25, 0.3) is 54.3 Å². The van der Waals surface area contributed by atoms with Crippen molar-refractivity contribution in [3.8, 4) is 28.2 Å². The Kier molecular flexibility index (Phi) is 21.3. The van der Waals surface area contributed by atoms with Crippen molar-refractivity contribution in [1.82, 2.24) is 64.5 Å². The van der Waals surface area contributed by atoms with Gasteiger partial charge in [-0.2, -0.15) is 37.5 Å². The number of carbonyl (C=O) groups is 4. The number of halogens is 17. The molecule has 2 aliphatic heterocycles. The predicted octanol–water partition coefficient (Wildman–Crippen LogP) is 12.8. The highest BCUT2D eigenvalue weighted by atomic mass is 19.3. The number of amides is 2. The third-order valence-corrected chi connectivity index (χ3v) is 18.2. The molecule has 4 aromatic carbocycles. The van der Waals surface area contributed by atoms with Crippen molar-refractivity contribution in [1.29, 1.82) is 0 Å². The average Bonchev–Trinajstić information content (AvgIpc) is 1.57.